The van der Waals surface area contributed by atoms with Gasteiger partial charge in [-0.05, 0) is 49.8 Å². The number of hydrogen-bond donors (Lipinski definition) is 1. The molecule has 0 saturated heterocycles. The van der Waals surface area contributed by atoms with E-state index >= 15 is 0 Å². The second-order valence-electron chi connectivity index (χ2n) is 5.31. The van der Waals surface area contributed by atoms with Gasteiger partial charge in [0.15, 0.2) is 0 Å². The van der Waals surface area contributed by atoms with Crippen molar-refractivity contribution in [2.24, 2.45) is 5.92 Å². The third kappa shape index (κ3) is 3.56. The normalized spacial score (nSPS) is 18.5. The Balaban J connectivity index is 1.88. The van der Waals surface area contributed by atoms with Crippen LogP contribution in [-0.4, -0.2) is 6.04 Å². The third-order valence-electron chi connectivity index (χ3n) is 3.93. The van der Waals surface area contributed by atoms with E-state index in [0.29, 0.717) is 6.04 Å². The van der Waals surface area contributed by atoms with Gasteiger partial charge in [-0.15, -0.1) is 0 Å². The molecule has 0 amide bonds. The van der Waals surface area contributed by atoms with Gasteiger partial charge in [0.25, 0.3) is 0 Å². The first-order chi connectivity index (χ1) is 8.16. The van der Waals surface area contributed by atoms with Gasteiger partial charge in [0.1, 0.15) is 0 Å². The molecule has 0 unspecified atom stereocenters. The Morgan fingerprint density at radius 2 is 2.06 bits per heavy atom. The SMILES string of the molecule is Cc1ccc(CN[C@@H](C)C2CCCC2)c(Br)c1. The molecule has 2 rings (SSSR count). The molecule has 1 aliphatic rings. The number of rotatable bonds is 4. The third-order valence-corrected chi connectivity index (χ3v) is 4.67. The van der Waals surface area contributed by atoms with E-state index in [1.165, 1.54) is 41.3 Å². The van der Waals surface area contributed by atoms with Gasteiger partial charge in [-0.3, -0.25) is 0 Å². The molecule has 94 valence electrons. The molecular weight excluding hydrogens is 274 g/mol. The second kappa shape index (κ2) is 6.01. The molecule has 0 heterocycles. The monoisotopic (exact) mass is 295 g/mol. The van der Waals surface area contributed by atoms with Gasteiger partial charge >= 0.3 is 0 Å². The number of hydrogen-bond acceptors (Lipinski definition) is 1. The van der Waals surface area contributed by atoms with Gasteiger partial charge < -0.3 is 5.32 Å². The van der Waals surface area contributed by atoms with Crippen molar-refractivity contribution < 1.29 is 0 Å². The lowest BCUT2D eigenvalue weighted by molar-refractivity contribution is 0.380. The molecule has 0 aliphatic heterocycles. The number of nitrogens with one attached hydrogen (secondary N) is 1. The Kier molecular flexibility index (Phi) is 4.63. The van der Waals surface area contributed by atoms with Crippen molar-refractivity contribution in [1.29, 1.82) is 0 Å². The zero-order chi connectivity index (χ0) is 12.3. The van der Waals surface area contributed by atoms with E-state index in [4.69, 9.17) is 0 Å². The lowest BCUT2D eigenvalue weighted by Gasteiger charge is -2.20. The maximum atomic E-state index is 3.67. The van der Waals surface area contributed by atoms with E-state index in [1.54, 1.807) is 0 Å². The van der Waals surface area contributed by atoms with Crippen LogP contribution in [0.1, 0.15) is 43.7 Å². The molecule has 0 spiro atoms. The fraction of sp³-hybridized carbons (Fsp3) is 0.600. The Morgan fingerprint density at radius 3 is 2.71 bits per heavy atom. The first-order valence-electron chi connectivity index (χ1n) is 6.65. The van der Waals surface area contributed by atoms with Crippen molar-refractivity contribution in [1.82, 2.24) is 5.32 Å². The topological polar surface area (TPSA) is 12.0 Å². The highest BCUT2D eigenvalue weighted by Gasteiger charge is 2.20. The summed E-state index contributed by atoms with van der Waals surface area (Å²) in [6.45, 7) is 5.43. The lowest BCUT2D eigenvalue weighted by atomic mass is 9.99. The maximum Gasteiger partial charge on any atom is 0.0222 e. The van der Waals surface area contributed by atoms with Crippen LogP contribution in [0.4, 0.5) is 0 Å². The first-order valence-corrected chi connectivity index (χ1v) is 7.44. The summed E-state index contributed by atoms with van der Waals surface area (Å²) in [4.78, 5) is 0. The van der Waals surface area contributed by atoms with E-state index in [9.17, 15) is 0 Å². The minimum atomic E-state index is 0.644. The van der Waals surface area contributed by atoms with E-state index in [-0.39, 0.29) is 0 Å². The highest BCUT2D eigenvalue weighted by atomic mass is 79.9. The zero-order valence-electron chi connectivity index (χ0n) is 10.8. The van der Waals surface area contributed by atoms with E-state index < -0.39 is 0 Å². The van der Waals surface area contributed by atoms with Crippen LogP contribution < -0.4 is 5.32 Å². The standard InChI is InChI=1S/C15H22BrN/c1-11-7-8-14(15(16)9-11)10-17-12(2)13-5-3-4-6-13/h7-9,12-13,17H,3-6,10H2,1-2H3/t12-/m0/s1. The van der Waals surface area contributed by atoms with Crippen LogP contribution in [0.3, 0.4) is 0 Å². The minimum absolute atomic E-state index is 0.644. The van der Waals surface area contributed by atoms with Gasteiger partial charge in [-0.2, -0.15) is 0 Å². The Labute approximate surface area is 113 Å². The fourth-order valence-corrected chi connectivity index (χ4v) is 3.32. The van der Waals surface area contributed by atoms with Crippen molar-refractivity contribution >= 4 is 15.9 Å². The maximum absolute atomic E-state index is 3.67. The predicted octanol–water partition coefficient (Wildman–Crippen LogP) is 4.43. The van der Waals surface area contributed by atoms with Gasteiger partial charge in [0, 0.05) is 17.1 Å². The number of aryl methyl sites for hydroxylation is 1. The molecular formula is C15H22BrN. The van der Waals surface area contributed by atoms with Crippen molar-refractivity contribution in [3.8, 4) is 0 Å². The van der Waals surface area contributed by atoms with Gasteiger partial charge in [0.05, 0.1) is 0 Å². The molecule has 1 aliphatic carbocycles. The average molecular weight is 296 g/mol. The Bertz CT molecular complexity index is 369. The van der Waals surface area contributed by atoms with Crippen molar-refractivity contribution in [2.45, 2.75) is 52.1 Å². The Hall–Kier alpha value is -0.340. The largest absolute Gasteiger partial charge is 0.310 e. The summed E-state index contributed by atoms with van der Waals surface area (Å²) < 4.78 is 1.23. The molecule has 0 aromatic heterocycles. The zero-order valence-corrected chi connectivity index (χ0v) is 12.4. The molecule has 1 atom stereocenters. The molecule has 0 bridgehead atoms. The molecule has 1 fully saturated rings. The van der Waals surface area contributed by atoms with Crippen LogP contribution in [0.2, 0.25) is 0 Å². The second-order valence-corrected chi connectivity index (χ2v) is 6.16. The van der Waals surface area contributed by atoms with Crippen LogP contribution in [-0.2, 0) is 6.54 Å². The first kappa shape index (κ1) is 13.1. The summed E-state index contributed by atoms with van der Waals surface area (Å²) in [5.74, 6) is 0.888. The van der Waals surface area contributed by atoms with Crippen molar-refractivity contribution in [2.75, 3.05) is 0 Å². The lowest BCUT2D eigenvalue weighted by Crippen LogP contribution is -2.31. The average Bonchev–Trinajstić information content (AvgIpc) is 2.81. The van der Waals surface area contributed by atoms with Crippen LogP contribution in [0, 0.1) is 12.8 Å². The molecule has 1 aromatic carbocycles. The fourth-order valence-electron chi connectivity index (χ4n) is 2.69. The molecule has 1 nitrogen and oxygen atoms in total. The van der Waals surface area contributed by atoms with Crippen molar-refractivity contribution in [3.05, 3.63) is 33.8 Å². The van der Waals surface area contributed by atoms with E-state index in [1.807, 2.05) is 0 Å². The van der Waals surface area contributed by atoms with Crippen LogP contribution in [0.15, 0.2) is 22.7 Å². The number of halogens is 1. The van der Waals surface area contributed by atoms with Crippen LogP contribution >= 0.6 is 15.9 Å². The molecule has 1 N–H and O–H groups in total. The van der Waals surface area contributed by atoms with E-state index in [2.05, 4.69) is 53.3 Å². The quantitative estimate of drug-likeness (QED) is 0.867. The molecule has 1 aromatic rings. The molecule has 0 radical (unpaired) electrons. The summed E-state index contributed by atoms with van der Waals surface area (Å²) in [6, 6.07) is 7.23. The number of benzene rings is 1. The molecule has 1 saturated carbocycles. The smallest absolute Gasteiger partial charge is 0.0222 e. The summed E-state index contributed by atoms with van der Waals surface area (Å²) in [5, 5.41) is 3.67. The summed E-state index contributed by atoms with van der Waals surface area (Å²) in [5.41, 5.74) is 2.67. The molecule has 17 heavy (non-hydrogen) atoms. The van der Waals surface area contributed by atoms with E-state index in [0.717, 1.165) is 12.5 Å². The Morgan fingerprint density at radius 1 is 1.35 bits per heavy atom. The minimum Gasteiger partial charge on any atom is -0.310 e. The highest BCUT2D eigenvalue weighted by Crippen LogP contribution is 2.28. The highest BCUT2D eigenvalue weighted by molar-refractivity contribution is 9.10. The van der Waals surface area contributed by atoms with Crippen molar-refractivity contribution in [3.63, 3.8) is 0 Å². The van der Waals surface area contributed by atoms with Gasteiger partial charge in [0.2, 0.25) is 0 Å². The van der Waals surface area contributed by atoms with Gasteiger partial charge in [-0.1, -0.05) is 40.9 Å². The summed E-state index contributed by atoms with van der Waals surface area (Å²) >= 11 is 3.64. The molecule has 2 heteroatoms. The van der Waals surface area contributed by atoms with Gasteiger partial charge in [-0.25, -0.2) is 0 Å². The predicted molar refractivity (Wildman–Crippen MR) is 77.1 cm³/mol. The summed E-state index contributed by atoms with van der Waals surface area (Å²) in [6.07, 6.45) is 5.66. The summed E-state index contributed by atoms with van der Waals surface area (Å²) in [7, 11) is 0. The van der Waals surface area contributed by atoms with Crippen LogP contribution in [0.25, 0.3) is 0 Å². The van der Waals surface area contributed by atoms with Crippen LogP contribution in [0.5, 0.6) is 0 Å².